The topological polar surface area (TPSA) is 93.6 Å². The molecule has 0 spiro atoms. The summed E-state index contributed by atoms with van der Waals surface area (Å²) in [6.45, 7) is 2.57. The molecule has 1 aliphatic heterocycles. The molecule has 2 heterocycles. The van der Waals surface area contributed by atoms with Crippen molar-refractivity contribution in [2.75, 3.05) is 26.2 Å². The molecule has 7 heteroatoms. The first kappa shape index (κ1) is 21.3. The van der Waals surface area contributed by atoms with Gasteiger partial charge in [-0.25, -0.2) is 0 Å². The van der Waals surface area contributed by atoms with Gasteiger partial charge >= 0.3 is 0 Å². The van der Waals surface area contributed by atoms with Gasteiger partial charge in [0.15, 0.2) is 0 Å². The van der Waals surface area contributed by atoms with E-state index in [0.717, 1.165) is 53.7 Å². The van der Waals surface area contributed by atoms with Gasteiger partial charge in [0.2, 0.25) is 5.91 Å². The van der Waals surface area contributed by atoms with Gasteiger partial charge in [-0.3, -0.25) is 9.48 Å². The quantitative estimate of drug-likeness (QED) is 0.582. The lowest BCUT2D eigenvalue weighted by molar-refractivity contribution is -0.119. The Bertz CT molecular complexity index is 1040. The molecule has 1 aliphatic rings. The number of aliphatic hydroxyl groups excluding tert-OH is 1. The largest absolute Gasteiger partial charge is 0.491 e. The van der Waals surface area contributed by atoms with Crippen LogP contribution in [-0.4, -0.2) is 58.0 Å². The number of aromatic nitrogens is 2. The average molecular weight is 423 g/mol. The van der Waals surface area contributed by atoms with Crippen molar-refractivity contribution in [1.29, 1.82) is 0 Å². The average Bonchev–Trinajstić information content (AvgIpc) is 3.19. The van der Waals surface area contributed by atoms with Gasteiger partial charge in [0.1, 0.15) is 18.5 Å². The summed E-state index contributed by atoms with van der Waals surface area (Å²) in [6.07, 6.45) is 3.72. The lowest BCUT2D eigenvalue weighted by Gasteiger charge is -2.32. The maximum Gasteiger partial charge on any atom is 0.217 e. The Morgan fingerprint density at radius 3 is 2.68 bits per heavy atom. The van der Waals surface area contributed by atoms with Crippen LogP contribution < -0.4 is 10.5 Å². The Morgan fingerprint density at radius 2 is 1.97 bits per heavy atom. The van der Waals surface area contributed by atoms with Crippen molar-refractivity contribution in [2.24, 2.45) is 18.7 Å². The number of piperidine rings is 1. The van der Waals surface area contributed by atoms with Gasteiger partial charge in [-0.05, 0) is 66.9 Å². The standard InChI is InChI=1S/C24H30N4O3/c1-27-9-8-23(26-27)19-3-2-18-4-5-22(14-20(18)13-19)31-16-21(29)15-28-10-6-17(7-11-28)12-24(25)30/h2-5,8-9,13-14,17,21,29H,6-7,10-12,15-16H2,1H3,(H2,25,30). The molecule has 1 saturated heterocycles. The van der Waals surface area contributed by atoms with Gasteiger partial charge in [0.05, 0.1) is 5.69 Å². The number of ether oxygens (including phenoxy) is 1. The molecule has 0 saturated carbocycles. The molecule has 1 fully saturated rings. The van der Waals surface area contributed by atoms with Gasteiger partial charge in [-0.1, -0.05) is 18.2 Å². The normalized spacial score (nSPS) is 16.5. The number of rotatable bonds is 8. The van der Waals surface area contributed by atoms with E-state index in [2.05, 4.69) is 28.2 Å². The molecular formula is C24H30N4O3. The number of hydrogen-bond acceptors (Lipinski definition) is 5. The van der Waals surface area contributed by atoms with Gasteiger partial charge in [-0.2, -0.15) is 5.10 Å². The third-order valence-electron chi connectivity index (χ3n) is 5.93. The van der Waals surface area contributed by atoms with E-state index in [1.165, 1.54) is 0 Å². The molecule has 1 aromatic heterocycles. The van der Waals surface area contributed by atoms with E-state index in [0.29, 0.717) is 18.9 Å². The zero-order chi connectivity index (χ0) is 21.8. The van der Waals surface area contributed by atoms with Crippen LogP contribution in [0.4, 0.5) is 0 Å². The molecule has 7 nitrogen and oxygen atoms in total. The molecule has 1 atom stereocenters. The van der Waals surface area contributed by atoms with Crippen LogP contribution in [0.25, 0.3) is 22.0 Å². The van der Waals surface area contributed by atoms with Crippen LogP contribution in [0.5, 0.6) is 5.75 Å². The number of nitrogens with zero attached hydrogens (tertiary/aromatic N) is 3. The number of likely N-dealkylation sites (tertiary alicyclic amines) is 1. The highest BCUT2D eigenvalue weighted by atomic mass is 16.5. The molecule has 2 aromatic carbocycles. The van der Waals surface area contributed by atoms with E-state index in [4.69, 9.17) is 10.5 Å². The summed E-state index contributed by atoms with van der Waals surface area (Å²) >= 11 is 0. The summed E-state index contributed by atoms with van der Waals surface area (Å²) in [4.78, 5) is 13.3. The highest BCUT2D eigenvalue weighted by molar-refractivity contribution is 5.87. The summed E-state index contributed by atoms with van der Waals surface area (Å²) < 4.78 is 7.68. The minimum absolute atomic E-state index is 0.227. The number of nitrogens with two attached hydrogens (primary N) is 1. The highest BCUT2D eigenvalue weighted by Gasteiger charge is 2.22. The summed E-state index contributed by atoms with van der Waals surface area (Å²) in [5.74, 6) is 0.884. The number of aliphatic hydroxyl groups is 1. The van der Waals surface area contributed by atoms with E-state index < -0.39 is 6.10 Å². The van der Waals surface area contributed by atoms with Crippen molar-refractivity contribution < 1.29 is 14.6 Å². The van der Waals surface area contributed by atoms with Gasteiger partial charge in [0, 0.05) is 31.8 Å². The molecule has 0 radical (unpaired) electrons. The fourth-order valence-electron chi connectivity index (χ4n) is 4.24. The van der Waals surface area contributed by atoms with E-state index in [-0.39, 0.29) is 12.5 Å². The number of fused-ring (bicyclic) bond motifs is 1. The number of hydrogen-bond donors (Lipinski definition) is 2. The summed E-state index contributed by atoms with van der Waals surface area (Å²) in [6, 6.07) is 14.2. The van der Waals surface area contributed by atoms with Crippen LogP contribution in [0.2, 0.25) is 0 Å². The Balaban J connectivity index is 1.31. The van der Waals surface area contributed by atoms with Gasteiger partial charge in [-0.15, -0.1) is 0 Å². The minimum Gasteiger partial charge on any atom is -0.491 e. The molecule has 31 heavy (non-hydrogen) atoms. The number of primary amides is 1. The Hall–Kier alpha value is -2.90. The fourth-order valence-corrected chi connectivity index (χ4v) is 4.24. The molecule has 164 valence electrons. The summed E-state index contributed by atoms with van der Waals surface area (Å²) in [5, 5.41) is 17.1. The van der Waals surface area contributed by atoms with E-state index in [1.807, 2.05) is 37.5 Å². The van der Waals surface area contributed by atoms with Crippen LogP contribution in [0.15, 0.2) is 48.7 Å². The van der Waals surface area contributed by atoms with Gasteiger partial charge in [0.25, 0.3) is 0 Å². The maximum atomic E-state index is 11.1. The second-order valence-corrected chi connectivity index (χ2v) is 8.48. The number of carbonyl (C=O) groups excluding carboxylic acids is 1. The Kier molecular flexibility index (Phi) is 6.53. The zero-order valence-electron chi connectivity index (χ0n) is 17.9. The monoisotopic (exact) mass is 422 g/mol. The first-order valence-corrected chi connectivity index (χ1v) is 10.8. The first-order valence-electron chi connectivity index (χ1n) is 10.8. The van der Waals surface area contributed by atoms with Crippen LogP contribution in [-0.2, 0) is 11.8 Å². The van der Waals surface area contributed by atoms with Crippen LogP contribution >= 0.6 is 0 Å². The third-order valence-corrected chi connectivity index (χ3v) is 5.93. The zero-order valence-corrected chi connectivity index (χ0v) is 17.9. The number of amides is 1. The first-order chi connectivity index (χ1) is 15.0. The highest BCUT2D eigenvalue weighted by Crippen LogP contribution is 2.26. The van der Waals surface area contributed by atoms with Crippen molar-refractivity contribution in [3.05, 3.63) is 48.7 Å². The molecule has 0 bridgehead atoms. The van der Waals surface area contributed by atoms with Crippen LogP contribution in [0.1, 0.15) is 19.3 Å². The smallest absolute Gasteiger partial charge is 0.217 e. The molecule has 0 aliphatic carbocycles. The Morgan fingerprint density at radius 1 is 1.19 bits per heavy atom. The predicted octanol–water partition coefficient (Wildman–Crippen LogP) is 2.57. The number of aryl methyl sites for hydroxylation is 1. The lowest BCUT2D eigenvalue weighted by atomic mass is 9.93. The van der Waals surface area contributed by atoms with E-state index in [1.54, 1.807) is 4.68 Å². The molecular weight excluding hydrogens is 392 g/mol. The van der Waals surface area contributed by atoms with Crippen LogP contribution in [0.3, 0.4) is 0 Å². The number of benzene rings is 2. The summed E-state index contributed by atoms with van der Waals surface area (Å²) in [5.41, 5.74) is 7.29. The van der Waals surface area contributed by atoms with E-state index in [9.17, 15) is 9.90 Å². The van der Waals surface area contributed by atoms with Gasteiger partial charge < -0.3 is 20.5 Å². The Labute approximate surface area is 182 Å². The van der Waals surface area contributed by atoms with Crippen molar-refractivity contribution in [3.8, 4) is 17.0 Å². The molecule has 4 rings (SSSR count). The van der Waals surface area contributed by atoms with Crippen molar-refractivity contribution in [3.63, 3.8) is 0 Å². The number of carbonyl (C=O) groups is 1. The molecule has 3 N–H and O–H groups in total. The maximum absolute atomic E-state index is 11.1. The van der Waals surface area contributed by atoms with Crippen molar-refractivity contribution in [1.82, 2.24) is 14.7 Å². The lowest BCUT2D eigenvalue weighted by Crippen LogP contribution is -2.41. The SMILES string of the molecule is Cn1ccc(-c2ccc3ccc(OCC(O)CN4CCC(CC(N)=O)CC4)cc3c2)n1. The van der Waals surface area contributed by atoms with Crippen LogP contribution in [0, 0.1) is 5.92 Å². The second kappa shape index (κ2) is 9.49. The van der Waals surface area contributed by atoms with E-state index >= 15 is 0 Å². The molecule has 1 unspecified atom stereocenters. The third kappa shape index (κ3) is 5.62. The molecule has 3 aromatic rings. The second-order valence-electron chi connectivity index (χ2n) is 8.48. The molecule has 1 amide bonds. The fraction of sp³-hybridized carbons (Fsp3) is 0.417. The minimum atomic E-state index is -0.566. The number of β-amino-alcohol motifs (C(OH)–C–C–N with tert-alkyl or cyclic N) is 1. The van der Waals surface area contributed by atoms with Crippen molar-refractivity contribution in [2.45, 2.75) is 25.4 Å². The van der Waals surface area contributed by atoms with Crippen molar-refractivity contribution >= 4 is 16.7 Å². The predicted molar refractivity (Wildman–Crippen MR) is 121 cm³/mol. The summed E-state index contributed by atoms with van der Waals surface area (Å²) in [7, 11) is 1.91.